The highest BCUT2D eigenvalue weighted by Crippen LogP contribution is 2.08. The lowest BCUT2D eigenvalue weighted by atomic mass is 10.1. The lowest BCUT2D eigenvalue weighted by molar-refractivity contribution is -0.120. The molecule has 0 unspecified atom stereocenters. The Morgan fingerprint density at radius 2 is 2.05 bits per heavy atom. The zero-order chi connectivity index (χ0) is 13.5. The van der Waals surface area contributed by atoms with Crippen LogP contribution in [0.4, 0.5) is 0 Å². The second-order valence-corrected chi connectivity index (χ2v) is 4.09. The van der Waals surface area contributed by atoms with Gasteiger partial charge in [-0.15, -0.1) is 17.5 Å². The third-order valence-corrected chi connectivity index (χ3v) is 2.62. The first kappa shape index (κ1) is 16.1. The zero-order valence-corrected chi connectivity index (χ0v) is 11.7. The molecule has 0 aliphatic rings. The minimum atomic E-state index is 0. The van der Waals surface area contributed by atoms with Crippen molar-refractivity contribution >= 4 is 18.3 Å². The fourth-order valence-corrected chi connectivity index (χ4v) is 1.62. The summed E-state index contributed by atoms with van der Waals surface area (Å²) in [7, 11) is 0. The van der Waals surface area contributed by atoms with Gasteiger partial charge in [0.25, 0.3) is 0 Å². The molecule has 1 amide bonds. The van der Waals surface area contributed by atoms with Crippen LogP contribution < -0.4 is 11.1 Å². The van der Waals surface area contributed by atoms with Crippen LogP contribution >= 0.6 is 12.4 Å². The molecule has 0 bridgehead atoms. The molecule has 0 atom stereocenters. The second kappa shape index (κ2) is 8.23. The maximum Gasteiger partial charge on any atom is 0.224 e. The first-order valence-corrected chi connectivity index (χ1v) is 6.08. The number of halogens is 1. The number of benzene rings is 1. The average Bonchev–Trinajstić information content (AvgIpc) is 2.94. The van der Waals surface area contributed by atoms with Crippen LogP contribution in [0.3, 0.4) is 0 Å². The first-order valence-electron chi connectivity index (χ1n) is 6.08. The van der Waals surface area contributed by atoms with Gasteiger partial charge in [0.15, 0.2) is 0 Å². The van der Waals surface area contributed by atoms with Gasteiger partial charge in [-0.05, 0) is 41.1 Å². The number of rotatable bonds is 6. The molecule has 0 saturated heterocycles. The third-order valence-electron chi connectivity index (χ3n) is 2.62. The maximum absolute atomic E-state index is 11.6. The van der Waals surface area contributed by atoms with Gasteiger partial charge < -0.3 is 11.1 Å². The molecule has 1 aromatic heterocycles. The lowest BCUT2D eigenvalue weighted by Gasteiger charge is -2.05. The molecule has 1 aromatic carbocycles. The monoisotopic (exact) mass is 296 g/mol. The summed E-state index contributed by atoms with van der Waals surface area (Å²) in [5, 5.41) is 13.7. The predicted molar refractivity (Wildman–Crippen MR) is 76.8 cm³/mol. The number of nitrogens with two attached hydrogens (primary N) is 1. The number of carbonyl (C=O) groups excluding carboxylic acids is 1. The number of aromatic nitrogens is 4. The van der Waals surface area contributed by atoms with Crippen molar-refractivity contribution in [2.75, 3.05) is 13.1 Å². The van der Waals surface area contributed by atoms with E-state index in [0.29, 0.717) is 19.5 Å². The van der Waals surface area contributed by atoms with E-state index in [1.54, 1.807) is 4.68 Å². The molecule has 0 radical (unpaired) electrons. The molecule has 3 N–H and O–H groups in total. The molecule has 2 rings (SSSR count). The summed E-state index contributed by atoms with van der Waals surface area (Å²) in [5.41, 5.74) is 7.17. The van der Waals surface area contributed by atoms with Crippen LogP contribution in [0.2, 0.25) is 0 Å². The molecule has 108 valence electrons. The SMILES string of the molecule is Cl.NCCCNC(=O)Cc1ccc(-n2cnnn2)cc1. The Labute approximate surface area is 123 Å². The van der Waals surface area contributed by atoms with Crippen LogP contribution in [0, 0.1) is 0 Å². The normalized spacial score (nSPS) is 9.85. The smallest absolute Gasteiger partial charge is 0.224 e. The Kier molecular flexibility index (Phi) is 6.61. The van der Waals surface area contributed by atoms with Crippen LogP contribution in [0.5, 0.6) is 0 Å². The Morgan fingerprint density at radius 1 is 1.30 bits per heavy atom. The Hall–Kier alpha value is -1.99. The van der Waals surface area contributed by atoms with Crippen molar-refractivity contribution in [2.24, 2.45) is 5.73 Å². The van der Waals surface area contributed by atoms with Crippen molar-refractivity contribution in [3.8, 4) is 5.69 Å². The maximum atomic E-state index is 11.6. The van der Waals surface area contributed by atoms with Gasteiger partial charge in [-0.2, -0.15) is 0 Å². The second-order valence-electron chi connectivity index (χ2n) is 4.09. The summed E-state index contributed by atoms with van der Waals surface area (Å²) in [6.07, 6.45) is 2.68. The summed E-state index contributed by atoms with van der Waals surface area (Å²) in [4.78, 5) is 11.6. The van der Waals surface area contributed by atoms with E-state index in [4.69, 9.17) is 5.73 Å². The summed E-state index contributed by atoms with van der Waals surface area (Å²) >= 11 is 0. The van der Waals surface area contributed by atoms with Gasteiger partial charge in [0.2, 0.25) is 5.91 Å². The molecule has 20 heavy (non-hydrogen) atoms. The van der Waals surface area contributed by atoms with Crippen LogP contribution in [0.15, 0.2) is 30.6 Å². The van der Waals surface area contributed by atoms with E-state index in [0.717, 1.165) is 17.7 Å². The molecule has 0 aliphatic heterocycles. The van der Waals surface area contributed by atoms with Crippen LogP contribution in [-0.2, 0) is 11.2 Å². The van der Waals surface area contributed by atoms with Gasteiger partial charge in [0.1, 0.15) is 6.33 Å². The molecule has 7 nitrogen and oxygen atoms in total. The zero-order valence-electron chi connectivity index (χ0n) is 10.9. The number of tetrazole rings is 1. The Morgan fingerprint density at radius 3 is 2.65 bits per heavy atom. The topological polar surface area (TPSA) is 98.7 Å². The highest BCUT2D eigenvalue weighted by molar-refractivity contribution is 5.85. The molecule has 0 saturated carbocycles. The number of amides is 1. The van der Waals surface area contributed by atoms with Crippen molar-refractivity contribution in [1.82, 2.24) is 25.5 Å². The van der Waals surface area contributed by atoms with E-state index in [-0.39, 0.29) is 18.3 Å². The molecule has 2 aromatic rings. The molecular formula is C12H17ClN6O. The van der Waals surface area contributed by atoms with Gasteiger partial charge in [0.05, 0.1) is 12.1 Å². The molecular weight excluding hydrogens is 280 g/mol. The number of nitrogens with one attached hydrogen (secondary N) is 1. The fraction of sp³-hybridized carbons (Fsp3) is 0.333. The van der Waals surface area contributed by atoms with Gasteiger partial charge >= 0.3 is 0 Å². The van der Waals surface area contributed by atoms with E-state index in [1.165, 1.54) is 6.33 Å². The number of hydrogen-bond acceptors (Lipinski definition) is 5. The molecule has 0 aliphatic carbocycles. The Bertz CT molecular complexity index is 513. The summed E-state index contributed by atoms with van der Waals surface area (Å²) in [6, 6.07) is 7.52. The van der Waals surface area contributed by atoms with Crippen LogP contribution in [0.1, 0.15) is 12.0 Å². The highest BCUT2D eigenvalue weighted by atomic mass is 35.5. The standard InChI is InChI=1S/C12H16N6O.ClH/c13-6-1-7-14-12(19)8-10-2-4-11(5-3-10)18-9-15-16-17-18;/h2-5,9H,1,6-8,13H2,(H,14,19);1H. The van der Waals surface area contributed by atoms with Crippen molar-refractivity contribution in [2.45, 2.75) is 12.8 Å². The minimum Gasteiger partial charge on any atom is -0.356 e. The molecule has 1 heterocycles. The average molecular weight is 297 g/mol. The highest BCUT2D eigenvalue weighted by Gasteiger charge is 2.03. The van der Waals surface area contributed by atoms with Gasteiger partial charge in [0, 0.05) is 6.54 Å². The molecule has 0 fully saturated rings. The van der Waals surface area contributed by atoms with E-state index in [9.17, 15) is 4.79 Å². The van der Waals surface area contributed by atoms with E-state index >= 15 is 0 Å². The quantitative estimate of drug-likeness (QED) is 0.736. The summed E-state index contributed by atoms with van der Waals surface area (Å²) in [5.74, 6) is 0.00335. The van der Waals surface area contributed by atoms with Crippen molar-refractivity contribution in [3.63, 3.8) is 0 Å². The van der Waals surface area contributed by atoms with E-state index in [1.807, 2.05) is 24.3 Å². The van der Waals surface area contributed by atoms with E-state index in [2.05, 4.69) is 20.8 Å². The van der Waals surface area contributed by atoms with E-state index < -0.39 is 0 Å². The van der Waals surface area contributed by atoms with Crippen LogP contribution in [0.25, 0.3) is 5.69 Å². The fourth-order valence-electron chi connectivity index (χ4n) is 1.62. The minimum absolute atomic E-state index is 0. The van der Waals surface area contributed by atoms with Crippen molar-refractivity contribution in [1.29, 1.82) is 0 Å². The van der Waals surface area contributed by atoms with Crippen LogP contribution in [-0.4, -0.2) is 39.2 Å². The molecule has 8 heteroatoms. The van der Waals surface area contributed by atoms with Gasteiger partial charge in [-0.1, -0.05) is 12.1 Å². The third kappa shape index (κ3) is 4.60. The number of nitrogens with zero attached hydrogens (tertiary/aromatic N) is 4. The number of hydrogen-bond donors (Lipinski definition) is 2. The number of carbonyl (C=O) groups is 1. The first-order chi connectivity index (χ1) is 9.29. The van der Waals surface area contributed by atoms with Crippen molar-refractivity contribution in [3.05, 3.63) is 36.2 Å². The van der Waals surface area contributed by atoms with Crippen molar-refractivity contribution < 1.29 is 4.79 Å². The largest absolute Gasteiger partial charge is 0.356 e. The Balaban J connectivity index is 0.00000200. The lowest BCUT2D eigenvalue weighted by Crippen LogP contribution is -2.27. The van der Waals surface area contributed by atoms with Gasteiger partial charge in [-0.25, -0.2) is 4.68 Å². The predicted octanol–water partition coefficient (Wildman–Crippen LogP) is 0.0916. The van der Waals surface area contributed by atoms with Gasteiger partial charge in [-0.3, -0.25) is 4.79 Å². The summed E-state index contributed by atoms with van der Waals surface area (Å²) < 4.78 is 1.56. The molecule has 0 spiro atoms. The summed E-state index contributed by atoms with van der Waals surface area (Å²) in [6.45, 7) is 1.21.